The lowest BCUT2D eigenvalue weighted by atomic mass is 9.64. The van der Waals surface area contributed by atoms with E-state index in [4.69, 9.17) is 66.4 Å². The lowest BCUT2D eigenvalue weighted by molar-refractivity contribution is 0.00429. The molecule has 2 saturated heterocycles. The Balaban J connectivity index is 1.41. The van der Waals surface area contributed by atoms with Crippen LogP contribution in [0, 0.1) is 0 Å². The molecule has 0 unspecified atom stereocenters. The van der Waals surface area contributed by atoms with E-state index < -0.39 is 54.0 Å². The summed E-state index contributed by atoms with van der Waals surface area (Å²) in [5.41, 5.74) is 3.79. The van der Waals surface area contributed by atoms with Gasteiger partial charge in [-0.3, -0.25) is 0 Å². The molecule has 18 heteroatoms. The molecule has 0 bridgehead atoms. The Bertz CT molecular complexity index is 2370. The monoisotopic (exact) mass is 1040 g/mol. The normalized spacial score (nSPS) is 17.5. The first-order chi connectivity index (χ1) is 35.9. The predicted molar refractivity (Wildman–Crippen MR) is 284 cm³/mol. The first-order valence-electron chi connectivity index (χ1n) is 26.1. The molecule has 0 saturated carbocycles. The highest BCUT2D eigenvalue weighted by molar-refractivity contribution is 6.62. The second kappa shape index (κ2) is 25.2. The Hall–Kier alpha value is -4.69. The fourth-order valence-electron chi connectivity index (χ4n) is 9.35. The van der Waals surface area contributed by atoms with Gasteiger partial charge in [0.1, 0.15) is 17.9 Å². The van der Waals surface area contributed by atoms with Gasteiger partial charge in [-0.05, 0) is 137 Å². The summed E-state index contributed by atoms with van der Waals surface area (Å²) < 4.78 is 78.1. The molecule has 7 rings (SSSR count). The molecule has 0 spiro atoms. The zero-order valence-electron chi connectivity index (χ0n) is 45.8. The molecule has 1 aliphatic carbocycles. The van der Waals surface area contributed by atoms with Crippen LogP contribution in [0.5, 0.6) is 5.75 Å². The average Bonchev–Trinajstić information content (AvgIpc) is 3.89. The number of aliphatic hydroxyl groups is 1. The molecule has 0 atom stereocenters. The van der Waals surface area contributed by atoms with E-state index in [1.54, 1.807) is 27.0 Å². The number of rotatable bonds is 28. The van der Waals surface area contributed by atoms with E-state index in [9.17, 15) is 9.59 Å². The molecule has 4 aromatic carbocycles. The first-order valence-corrected chi connectivity index (χ1v) is 26.1. The van der Waals surface area contributed by atoms with Crippen LogP contribution in [0.4, 0.5) is 0 Å². The van der Waals surface area contributed by atoms with Gasteiger partial charge >= 0.3 is 26.2 Å². The van der Waals surface area contributed by atoms with Crippen molar-refractivity contribution >= 4 is 37.1 Å². The van der Waals surface area contributed by atoms with E-state index in [0.29, 0.717) is 74.3 Å². The smallest absolute Gasteiger partial charge is 0.490 e. The molecule has 2 heterocycles. The summed E-state index contributed by atoms with van der Waals surface area (Å²) in [6, 6.07) is 23.8. The van der Waals surface area contributed by atoms with Crippen LogP contribution in [0.3, 0.4) is 0 Å². The fourth-order valence-corrected chi connectivity index (χ4v) is 9.35. The number of hydrogen-bond acceptors (Lipinski definition) is 16. The molecule has 3 aliphatic rings. The Morgan fingerprint density at radius 2 is 0.933 bits per heavy atom. The molecule has 75 heavy (non-hydrogen) atoms. The number of fused-ring (bicyclic) bond motifs is 3. The van der Waals surface area contributed by atoms with E-state index in [2.05, 4.69) is 24.3 Å². The lowest BCUT2D eigenvalue weighted by Crippen LogP contribution is -2.41. The van der Waals surface area contributed by atoms with Gasteiger partial charge in [-0.2, -0.15) is 0 Å². The molecule has 0 radical (unpaired) electrons. The van der Waals surface area contributed by atoms with Crippen molar-refractivity contribution in [1.82, 2.24) is 0 Å². The standard InChI is InChI=1S/C57H76B2O16/c1-12-69-51(61)46-34-40(15-14-39(46)38-68-31-30-66-27-26-64-23-22-60)57(41-16-21-50(47(35-41)52(62)70-13-2)71-33-32-67-29-28-65-25-24-63-11)48-36-42(58-72-53(3,4)54(5,6)73-58)17-19-44(48)45-20-18-43(37-49(45)57)59-74-55(7,8)56(9,10)75-59/h14-21,34-37,60H,12-13,22-33,38H2,1-11H3. The molecule has 1 N–H and O–H groups in total. The van der Waals surface area contributed by atoms with E-state index in [1.807, 2.05) is 97.9 Å². The number of ether oxygens (including phenoxy) is 9. The summed E-state index contributed by atoms with van der Waals surface area (Å²) >= 11 is 0. The van der Waals surface area contributed by atoms with Crippen molar-refractivity contribution in [3.05, 3.63) is 112 Å². The summed E-state index contributed by atoms with van der Waals surface area (Å²) in [5, 5.41) is 9.00. The van der Waals surface area contributed by atoms with Crippen molar-refractivity contribution in [2.24, 2.45) is 0 Å². The molecule has 2 aliphatic heterocycles. The second-order valence-electron chi connectivity index (χ2n) is 20.6. The van der Waals surface area contributed by atoms with Crippen LogP contribution in [0.1, 0.15) is 118 Å². The van der Waals surface area contributed by atoms with E-state index in [1.165, 1.54) is 0 Å². The summed E-state index contributed by atoms with van der Waals surface area (Å²) in [4.78, 5) is 28.6. The van der Waals surface area contributed by atoms with E-state index >= 15 is 0 Å². The zero-order valence-corrected chi connectivity index (χ0v) is 45.8. The molecule has 0 aromatic heterocycles. The van der Waals surface area contributed by atoms with Crippen molar-refractivity contribution in [2.45, 2.75) is 104 Å². The number of aliphatic hydroxyl groups excluding tert-OH is 1. The average molecular weight is 1040 g/mol. The van der Waals surface area contributed by atoms with Crippen LogP contribution in [-0.4, -0.2) is 153 Å². The Morgan fingerprint density at radius 1 is 0.507 bits per heavy atom. The van der Waals surface area contributed by atoms with Gasteiger partial charge in [-0.15, -0.1) is 0 Å². The maximum Gasteiger partial charge on any atom is 0.494 e. The summed E-state index contributed by atoms with van der Waals surface area (Å²) in [6.45, 7) is 23.6. The maximum absolute atomic E-state index is 14.3. The topological polar surface area (TPSA) is 174 Å². The van der Waals surface area contributed by atoms with Crippen molar-refractivity contribution in [2.75, 3.05) is 99.6 Å². The van der Waals surface area contributed by atoms with Gasteiger partial charge in [0.05, 0.1) is 126 Å². The molecule has 0 amide bonds. The summed E-state index contributed by atoms with van der Waals surface area (Å²) in [7, 11) is 0.174. The molecule has 4 aromatic rings. The summed E-state index contributed by atoms with van der Waals surface area (Å²) in [6.07, 6.45) is 0. The van der Waals surface area contributed by atoms with Gasteiger partial charge in [0.2, 0.25) is 0 Å². The quantitative estimate of drug-likeness (QED) is 0.0322. The van der Waals surface area contributed by atoms with Crippen molar-refractivity contribution in [3.8, 4) is 16.9 Å². The molecule has 406 valence electrons. The zero-order chi connectivity index (χ0) is 54.0. The highest BCUT2D eigenvalue weighted by Crippen LogP contribution is 2.57. The van der Waals surface area contributed by atoms with Crippen LogP contribution in [0.2, 0.25) is 0 Å². The third kappa shape index (κ3) is 12.7. The highest BCUT2D eigenvalue weighted by Gasteiger charge is 2.55. The third-order valence-corrected chi connectivity index (χ3v) is 14.7. The van der Waals surface area contributed by atoms with Gasteiger partial charge in [-0.25, -0.2) is 9.59 Å². The third-order valence-electron chi connectivity index (χ3n) is 14.7. The highest BCUT2D eigenvalue weighted by atomic mass is 16.7. The van der Waals surface area contributed by atoms with E-state index in [-0.39, 0.29) is 58.4 Å². The molecule has 2 fully saturated rings. The maximum atomic E-state index is 14.3. The van der Waals surface area contributed by atoms with Crippen LogP contribution < -0.4 is 15.7 Å². The SMILES string of the molecule is CCOC(=O)c1cc(C2(c3ccc(OCCOCCOCCOC)c(C(=O)OCC)c3)c3cc(B4OC(C)(C)C(C)(C)O4)ccc3-c3ccc(B4OC(C)(C)C(C)(C)O4)cc32)ccc1COCCOCCOCCO. The molecule has 16 nitrogen and oxygen atoms in total. The Labute approximate surface area is 443 Å². The second-order valence-corrected chi connectivity index (χ2v) is 20.6. The molecular weight excluding hydrogens is 962 g/mol. The minimum atomic E-state index is -1.26. The number of esters is 2. The number of carbonyl (C=O) groups excluding carboxylic acids is 2. The number of methoxy groups -OCH3 is 1. The van der Waals surface area contributed by atoms with E-state index in [0.717, 1.165) is 33.2 Å². The number of benzene rings is 4. The first kappa shape index (κ1) is 58.0. The van der Waals surface area contributed by atoms with Gasteiger partial charge in [0.25, 0.3) is 0 Å². The largest absolute Gasteiger partial charge is 0.494 e. The summed E-state index contributed by atoms with van der Waals surface area (Å²) in [5.74, 6) is -0.793. The minimum Gasteiger partial charge on any atom is -0.490 e. The van der Waals surface area contributed by atoms with Crippen LogP contribution >= 0.6 is 0 Å². The van der Waals surface area contributed by atoms with Crippen molar-refractivity contribution in [1.29, 1.82) is 0 Å². The van der Waals surface area contributed by atoms with Gasteiger partial charge in [-0.1, -0.05) is 54.6 Å². The molecular formula is C57H76B2O16. The van der Waals surface area contributed by atoms with Crippen LogP contribution in [0.15, 0.2) is 72.8 Å². The van der Waals surface area contributed by atoms with Crippen molar-refractivity contribution in [3.63, 3.8) is 0 Å². The Kier molecular flexibility index (Phi) is 19.5. The lowest BCUT2D eigenvalue weighted by Gasteiger charge is -2.35. The minimum absolute atomic E-state index is 0.0598. The Morgan fingerprint density at radius 3 is 1.41 bits per heavy atom. The van der Waals surface area contributed by atoms with Crippen molar-refractivity contribution < 1.29 is 75.9 Å². The van der Waals surface area contributed by atoms with Gasteiger partial charge in [0, 0.05) is 7.11 Å². The van der Waals surface area contributed by atoms with Crippen LogP contribution in [0.25, 0.3) is 11.1 Å². The fraction of sp³-hybridized carbons (Fsp3) is 0.544. The number of carbonyl (C=O) groups is 2. The van der Waals surface area contributed by atoms with Crippen LogP contribution in [-0.2, 0) is 68.5 Å². The predicted octanol–water partition coefficient (Wildman–Crippen LogP) is 6.60. The van der Waals surface area contributed by atoms with Gasteiger partial charge in [0.15, 0.2) is 0 Å². The number of hydrogen-bond donors (Lipinski definition) is 1. The van der Waals surface area contributed by atoms with Gasteiger partial charge < -0.3 is 66.4 Å².